The van der Waals surface area contributed by atoms with Crippen LogP contribution >= 0.6 is 0 Å². The summed E-state index contributed by atoms with van der Waals surface area (Å²) in [5.74, 6) is 1.03. The van der Waals surface area contributed by atoms with Crippen molar-refractivity contribution in [2.45, 2.75) is 31.5 Å². The van der Waals surface area contributed by atoms with Crippen LogP contribution in [0.2, 0.25) is 0 Å². The summed E-state index contributed by atoms with van der Waals surface area (Å²) in [6.45, 7) is 3.67. The molecule has 0 saturated carbocycles. The molecule has 2 aromatic heterocycles. The zero-order valence-electron chi connectivity index (χ0n) is 21.2. The third-order valence-electron chi connectivity index (χ3n) is 7.45. The molecule has 2 aliphatic rings. The summed E-state index contributed by atoms with van der Waals surface area (Å²) in [6.07, 6.45) is 2.00. The van der Waals surface area contributed by atoms with Crippen molar-refractivity contribution in [2.75, 3.05) is 44.8 Å². The fraction of sp³-hybridized carbons (Fsp3) is 0.407. The van der Waals surface area contributed by atoms with Crippen molar-refractivity contribution in [2.24, 2.45) is 0 Å². The average molecular weight is 520 g/mol. The highest BCUT2D eigenvalue weighted by atomic mass is 19.1. The Bertz CT molecular complexity index is 1480. The van der Waals surface area contributed by atoms with Crippen LogP contribution in [0, 0.1) is 5.82 Å². The lowest BCUT2D eigenvalue weighted by Crippen LogP contribution is -2.49. The maximum atomic E-state index is 14.5. The van der Waals surface area contributed by atoms with Gasteiger partial charge in [-0.15, -0.1) is 5.10 Å². The number of tetrazole rings is 1. The van der Waals surface area contributed by atoms with Crippen molar-refractivity contribution >= 4 is 16.6 Å². The number of fused-ring (bicyclic) bond motifs is 1. The van der Waals surface area contributed by atoms with Gasteiger partial charge in [-0.2, -0.15) is 0 Å². The zero-order valence-corrected chi connectivity index (χ0v) is 21.2. The first kappa shape index (κ1) is 24.5. The van der Waals surface area contributed by atoms with Gasteiger partial charge in [0, 0.05) is 44.4 Å². The average Bonchev–Trinajstić information content (AvgIpc) is 3.62. The van der Waals surface area contributed by atoms with E-state index in [0.29, 0.717) is 61.1 Å². The SMILES string of the molecule is COc1ccc2cc([C@@H](c3nnnn3C[C@H]3CCCO3)N3CCN(c4ccccc4F)CC3)c(=O)[nH]c2c1. The van der Waals surface area contributed by atoms with Crippen LogP contribution < -0.4 is 15.2 Å². The van der Waals surface area contributed by atoms with E-state index in [1.54, 1.807) is 23.9 Å². The van der Waals surface area contributed by atoms with Crippen molar-refractivity contribution in [1.29, 1.82) is 0 Å². The molecule has 0 aliphatic carbocycles. The fourth-order valence-corrected chi connectivity index (χ4v) is 5.47. The number of halogens is 1. The van der Waals surface area contributed by atoms with Gasteiger partial charge >= 0.3 is 0 Å². The Morgan fingerprint density at radius 1 is 1.16 bits per heavy atom. The van der Waals surface area contributed by atoms with E-state index in [-0.39, 0.29) is 17.5 Å². The van der Waals surface area contributed by atoms with E-state index < -0.39 is 6.04 Å². The maximum Gasteiger partial charge on any atom is 0.253 e. The number of methoxy groups -OCH3 is 1. The number of piperazine rings is 1. The normalized spacial score (nSPS) is 19.2. The topological polar surface area (TPSA) is 101 Å². The van der Waals surface area contributed by atoms with Gasteiger partial charge < -0.3 is 19.4 Å². The van der Waals surface area contributed by atoms with E-state index in [1.807, 2.05) is 35.2 Å². The number of hydrogen-bond donors (Lipinski definition) is 1. The van der Waals surface area contributed by atoms with Crippen LogP contribution in [0.25, 0.3) is 10.9 Å². The number of aromatic nitrogens is 5. The largest absolute Gasteiger partial charge is 0.497 e. The molecular weight excluding hydrogens is 489 g/mol. The van der Waals surface area contributed by atoms with E-state index in [4.69, 9.17) is 9.47 Å². The van der Waals surface area contributed by atoms with Crippen LogP contribution in [0.1, 0.15) is 30.3 Å². The van der Waals surface area contributed by atoms with Crippen LogP contribution in [0.15, 0.2) is 53.3 Å². The number of aromatic amines is 1. The molecule has 0 radical (unpaired) electrons. The molecule has 6 rings (SSSR count). The van der Waals surface area contributed by atoms with Gasteiger partial charge in [0.05, 0.1) is 31.0 Å². The van der Waals surface area contributed by atoms with E-state index in [2.05, 4.69) is 25.4 Å². The molecule has 4 aromatic rings. The molecule has 0 unspecified atom stereocenters. The minimum absolute atomic E-state index is 0.0400. The summed E-state index contributed by atoms with van der Waals surface area (Å²) < 4.78 is 27.4. The van der Waals surface area contributed by atoms with Crippen LogP contribution in [-0.4, -0.2) is 76.1 Å². The predicted molar refractivity (Wildman–Crippen MR) is 140 cm³/mol. The molecule has 2 atom stereocenters. The smallest absolute Gasteiger partial charge is 0.253 e. The minimum Gasteiger partial charge on any atom is -0.497 e. The van der Waals surface area contributed by atoms with Crippen LogP contribution in [0.3, 0.4) is 0 Å². The van der Waals surface area contributed by atoms with Gasteiger partial charge in [0.1, 0.15) is 17.6 Å². The number of para-hydroxylation sites is 1. The molecule has 11 heteroatoms. The van der Waals surface area contributed by atoms with Gasteiger partial charge in [0.25, 0.3) is 5.56 Å². The van der Waals surface area contributed by atoms with E-state index in [9.17, 15) is 9.18 Å². The molecule has 0 spiro atoms. The van der Waals surface area contributed by atoms with E-state index in [1.165, 1.54) is 6.07 Å². The van der Waals surface area contributed by atoms with Gasteiger partial charge in [-0.1, -0.05) is 12.1 Å². The lowest BCUT2D eigenvalue weighted by Gasteiger charge is -2.39. The Kier molecular flexibility index (Phi) is 6.77. The number of hydrogen-bond acceptors (Lipinski definition) is 8. The van der Waals surface area contributed by atoms with Gasteiger partial charge in [0.2, 0.25) is 0 Å². The monoisotopic (exact) mass is 519 g/mol. The van der Waals surface area contributed by atoms with Crippen LogP contribution in [-0.2, 0) is 11.3 Å². The predicted octanol–water partition coefficient (Wildman–Crippen LogP) is 2.75. The van der Waals surface area contributed by atoms with Crippen molar-refractivity contribution in [3.8, 4) is 5.75 Å². The molecule has 2 fully saturated rings. The molecule has 10 nitrogen and oxygen atoms in total. The highest BCUT2D eigenvalue weighted by Gasteiger charge is 2.34. The second-order valence-corrected chi connectivity index (χ2v) is 9.74. The summed E-state index contributed by atoms with van der Waals surface area (Å²) in [5.41, 5.74) is 1.63. The molecule has 38 heavy (non-hydrogen) atoms. The second kappa shape index (κ2) is 10.5. The highest BCUT2D eigenvalue weighted by Crippen LogP contribution is 2.30. The first-order valence-corrected chi connectivity index (χ1v) is 12.9. The number of nitrogens with zero attached hydrogens (tertiary/aromatic N) is 6. The maximum absolute atomic E-state index is 14.5. The van der Waals surface area contributed by atoms with Crippen molar-refractivity contribution in [3.63, 3.8) is 0 Å². The number of pyridine rings is 1. The van der Waals surface area contributed by atoms with Crippen molar-refractivity contribution in [3.05, 3.63) is 76.1 Å². The first-order chi connectivity index (χ1) is 18.6. The van der Waals surface area contributed by atoms with E-state index in [0.717, 1.165) is 24.8 Å². The summed E-state index contributed by atoms with van der Waals surface area (Å²) in [4.78, 5) is 20.8. The molecule has 1 N–H and O–H groups in total. The van der Waals surface area contributed by atoms with E-state index >= 15 is 0 Å². The first-order valence-electron chi connectivity index (χ1n) is 12.9. The van der Waals surface area contributed by atoms with Gasteiger partial charge in [-0.05, 0) is 59.0 Å². The standard InChI is InChI=1S/C27H30FN7O3/c1-37-19-9-8-18-15-21(27(36)29-23(18)16-19)25(26-30-31-32-35(26)17-20-5-4-14-38-20)34-12-10-33(11-13-34)24-7-3-2-6-22(24)28/h2-3,6-9,15-16,20,25H,4-5,10-14,17H2,1H3,(H,29,36)/t20-,25+/m1/s1. The van der Waals surface area contributed by atoms with Gasteiger partial charge in [0.15, 0.2) is 5.82 Å². The molecule has 2 aliphatic heterocycles. The van der Waals surface area contributed by atoms with Crippen LogP contribution in [0.4, 0.5) is 10.1 Å². The highest BCUT2D eigenvalue weighted by molar-refractivity contribution is 5.80. The Labute approximate surface area is 219 Å². The molecule has 0 bridgehead atoms. The number of rotatable bonds is 7. The molecule has 2 saturated heterocycles. The fourth-order valence-electron chi connectivity index (χ4n) is 5.47. The number of nitrogens with one attached hydrogen (secondary N) is 1. The molecule has 0 amide bonds. The molecule has 4 heterocycles. The van der Waals surface area contributed by atoms with Gasteiger partial charge in [-0.25, -0.2) is 9.07 Å². The minimum atomic E-state index is -0.482. The number of ether oxygens (including phenoxy) is 2. The van der Waals surface area contributed by atoms with Crippen molar-refractivity contribution in [1.82, 2.24) is 30.1 Å². The lowest BCUT2D eigenvalue weighted by atomic mass is 10.0. The second-order valence-electron chi connectivity index (χ2n) is 9.74. The van der Waals surface area contributed by atoms with Crippen molar-refractivity contribution < 1.29 is 13.9 Å². The number of H-pyrrole nitrogens is 1. The molecule has 2 aromatic carbocycles. The third-order valence-corrected chi connectivity index (χ3v) is 7.45. The zero-order chi connectivity index (χ0) is 26.1. The summed E-state index contributed by atoms with van der Waals surface area (Å²) >= 11 is 0. The lowest BCUT2D eigenvalue weighted by molar-refractivity contribution is 0.0906. The molecular formula is C27H30FN7O3. The Balaban J connectivity index is 1.37. The number of anilines is 1. The Hall–Kier alpha value is -3.83. The third kappa shape index (κ3) is 4.74. The summed E-state index contributed by atoms with van der Waals surface area (Å²) in [7, 11) is 1.60. The van der Waals surface area contributed by atoms with Crippen LogP contribution in [0.5, 0.6) is 5.75 Å². The molecule has 198 valence electrons. The van der Waals surface area contributed by atoms with Gasteiger partial charge in [-0.3, -0.25) is 9.69 Å². The number of benzene rings is 2. The quantitative estimate of drug-likeness (QED) is 0.398. The summed E-state index contributed by atoms with van der Waals surface area (Å²) in [5, 5.41) is 13.5. The summed E-state index contributed by atoms with van der Waals surface area (Å²) in [6, 6.07) is 13.8. The Morgan fingerprint density at radius 3 is 2.76 bits per heavy atom. The Morgan fingerprint density at radius 2 is 2.00 bits per heavy atom.